The number of anilines is 1. The van der Waals surface area contributed by atoms with Crippen LogP contribution in [0.4, 0.5) is 5.82 Å². The first-order valence-corrected chi connectivity index (χ1v) is 9.96. The summed E-state index contributed by atoms with van der Waals surface area (Å²) in [5.74, 6) is 0.591. The van der Waals surface area contributed by atoms with Crippen molar-refractivity contribution in [3.05, 3.63) is 71.5 Å². The highest BCUT2D eigenvalue weighted by molar-refractivity contribution is 8.00. The first-order valence-electron chi connectivity index (χ1n) is 8.80. The van der Waals surface area contributed by atoms with E-state index in [9.17, 15) is 9.59 Å². The number of aryl methyl sites for hydroxylation is 1. The summed E-state index contributed by atoms with van der Waals surface area (Å²) in [5, 5.41) is 6.32. The number of nitrogens with one attached hydrogen (secondary N) is 1. The molecule has 0 aliphatic heterocycles. The molecule has 1 amide bonds. The Bertz CT molecular complexity index is 985. The number of carbonyl (C=O) groups is 2. The number of amides is 1. The average Bonchev–Trinajstić information content (AvgIpc) is 3.24. The van der Waals surface area contributed by atoms with Crippen molar-refractivity contribution in [2.45, 2.75) is 13.0 Å². The third-order valence-corrected chi connectivity index (χ3v) is 5.28. The van der Waals surface area contributed by atoms with Gasteiger partial charge >= 0.3 is 5.97 Å². The standard InChI is InChI=1S/C21H18N2O4S/c1-13-10-18(23-27-13)22-19(24)11-28-12-20(25)26-21-16-8-4-2-6-14(16)15-7-3-5-9-17(15)21/h2-10,21H,11-12H2,1H3,(H,22,23,24). The van der Waals surface area contributed by atoms with Crippen molar-refractivity contribution < 1.29 is 18.8 Å². The maximum absolute atomic E-state index is 12.4. The number of benzene rings is 2. The lowest BCUT2D eigenvalue weighted by Gasteiger charge is -2.15. The van der Waals surface area contributed by atoms with Crippen LogP contribution < -0.4 is 5.32 Å². The minimum Gasteiger partial charge on any atom is -0.452 e. The Morgan fingerprint density at radius 2 is 1.71 bits per heavy atom. The zero-order chi connectivity index (χ0) is 19.5. The molecule has 0 spiro atoms. The molecule has 0 bridgehead atoms. The number of hydrogen-bond acceptors (Lipinski definition) is 6. The van der Waals surface area contributed by atoms with Crippen LogP contribution in [0, 0.1) is 6.92 Å². The SMILES string of the molecule is Cc1cc(NC(=O)CSCC(=O)OC2c3ccccc3-c3ccccc32)no1. The van der Waals surface area contributed by atoms with E-state index in [1.165, 1.54) is 11.8 Å². The summed E-state index contributed by atoms with van der Waals surface area (Å²) >= 11 is 1.20. The van der Waals surface area contributed by atoms with Gasteiger partial charge in [-0.1, -0.05) is 53.7 Å². The van der Waals surface area contributed by atoms with Gasteiger partial charge in [-0.2, -0.15) is 0 Å². The van der Waals surface area contributed by atoms with Gasteiger partial charge in [0.1, 0.15) is 5.76 Å². The number of carbonyl (C=O) groups excluding carboxylic acids is 2. The lowest BCUT2D eigenvalue weighted by atomic mass is 10.1. The molecule has 2 aromatic carbocycles. The molecule has 28 heavy (non-hydrogen) atoms. The van der Waals surface area contributed by atoms with Gasteiger partial charge in [-0.3, -0.25) is 9.59 Å². The topological polar surface area (TPSA) is 81.4 Å². The van der Waals surface area contributed by atoms with Crippen molar-refractivity contribution >= 4 is 29.5 Å². The number of aromatic nitrogens is 1. The Kier molecular flexibility index (Phi) is 5.16. The first kappa shape index (κ1) is 18.3. The Morgan fingerprint density at radius 1 is 1.07 bits per heavy atom. The van der Waals surface area contributed by atoms with E-state index >= 15 is 0 Å². The van der Waals surface area contributed by atoms with E-state index in [1.54, 1.807) is 13.0 Å². The van der Waals surface area contributed by atoms with Crippen LogP contribution in [0.15, 0.2) is 59.1 Å². The molecule has 0 unspecified atom stereocenters. The molecule has 142 valence electrons. The van der Waals surface area contributed by atoms with E-state index in [-0.39, 0.29) is 23.4 Å². The van der Waals surface area contributed by atoms with Crippen LogP contribution >= 0.6 is 11.8 Å². The van der Waals surface area contributed by atoms with Gasteiger partial charge < -0.3 is 14.6 Å². The van der Waals surface area contributed by atoms with Crippen LogP contribution in [0.2, 0.25) is 0 Å². The molecule has 7 heteroatoms. The van der Waals surface area contributed by atoms with Gasteiger partial charge in [0.2, 0.25) is 5.91 Å². The maximum Gasteiger partial charge on any atom is 0.316 e. The van der Waals surface area contributed by atoms with E-state index in [0.29, 0.717) is 11.6 Å². The number of hydrogen-bond donors (Lipinski definition) is 1. The fraction of sp³-hybridized carbons (Fsp3) is 0.190. The summed E-state index contributed by atoms with van der Waals surface area (Å²) in [4.78, 5) is 24.3. The average molecular weight is 394 g/mol. The summed E-state index contributed by atoms with van der Waals surface area (Å²) in [6.07, 6.45) is -0.410. The molecule has 0 radical (unpaired) electrons. The summed E-state index contributed by atoms with van der Waals surface area (Å²) in [7, 11) is 0. The van der Waals surface area contributed by atoms with Gasteiger partial charge in [-0.15, -0.1) is 11.8 Å². The maximum atomic E-state index is 12.4. The Morgan fingerprint density at radius 3 is 2.32 bits per heavy atom. The smallest absolute Gasteiger partial charge is 0.316 e. The zero-order valence-corrected chi connectivity index (χ0v) is 16.0. The molecular weight excluding hydrogens is 376 g/mol. The van der Waals surface area contributed by atoms with E-state index in [1.807, 2.05) is 48.5 Å². The monoisotopic (exact) mass is 394 g/mol. The first-order chi connectivity index (χ1) is 13.6. The van der Waals surface area contributed by atoms with Crippen LogP contribution in [0.1, 0.15) is 23.0 Å². The lowest BCUT2D eigenvalue weighted by Crippen LogP contribution is -2.17. The summed E-state index contributed by atoms with van der Waals surface area (Å²) in [6, 6.07) is 17.5. The summed E-state index contributed by atoms with van der Waals surface area (Å²) in [6.45, 7) is 1.74. The third kappa shape index (κ3) is 3.80. The van der Waals surface area contributed by atoms with E-state index in [0.717, 1.165) is 22.3 Å². The third-order valence-electron chi connectivity index (χ3n) is 4.37. The van der Waals surface area contributed by atoms with Crippen LogP contribution in [-0.4, -0.2) is 28.5 Å². The van der Waals surface area contributed by atoms with Crippen molar-refractivity contribution in [2.75, 3.05) is 16.8 Å². The van der Waals surface area contributed by atoms with E-state index in [4.69, 9.17) is 9.26 Å². The number of rotatable bonds is 6. The lowest BCUT2D eigenvalue weighted by molar-refractivity contribution is -0.144. The summed E-state index contributed by atoms with van der Waals surface area (Å²) in [5.41, 5.74) is 4.15. The van der Waals surface area contributed by atoms with Crippen LogP contribution in [-0.2, 0) is 14.3 Å². The predicted octanol–water partition coefficient (Wildman–Crippen LogP) is 3.97. The number of fused-ring (bicyclic) bond motifs is 3. The van der Waals surface area contributed by atoms with Gasteiger partial charge in [0.25, 0.3) is 0 Å². The Labute approximate surface area is 166 Å². The van der Waals surface area contributed by atoms with Gasteiger partial charge in [-0.25, -0.2) is 0 Å². The molecule has 1 aliphatic rings. The molecule has 0 atom stereocenters. The molecule has 3 aromatic rings. The molecule has 1 aromatic heterocycles. The normalized spacial score (nSPS) is 12.3. The molecule has 1 N–H and O–H groups in total. The van der Waals surface area contributed by atoms with Gasteiger partial charge in [0, 0.05) is 17.2 Å². The highest BCUT2D eigenvalue weighted by Gasteiger charge is 2.30. The predicted molar refractivity (Wildman–Crippen MR) is 107 cm³/mol. The zero-order valence-electron chi connectivity index (χ0n) is 15.2. The van der Waals surface area contributed by atoms with Gasteiger partial charge in [0.05, 0.1) is 11.5 Å². The van der Waals surface area contributed by atoms with Crippen molar-refractivity contribution in [3.8, 4) is 11.1 Å². The quantitative estimate of drug-likeness (QED) is 0.637. The molecule has 0 saturated heterocycles. The molecule has 1 aliphatic carbocycles. The number of thioether (sulfide) groups is 1. The van der Waals surface area contributed by atoms with Crippen LogP contribution in [0.3, 0.4) is 0 Å². The second-order valence-corrected chi connectivity index (χ2v) is 7.39. The molecular formula is C21H18N2O4S. The van der Waals surface area contributed by atoms with Crippen molar-refractivity contribution in [3.63, 3.8) is 0 Å². The fourth-order valence-corrected chi connectivity index (χ4v) is 3.83. The molecule has 0 saturated carbocycles. The molecule has 6 nitrogen and oxygen atoms in total. The highest BCUT2D eigenvalue weighted by atomic mass is 32.2. The highest BCUT2D eigenvalue weighted by Crippen LogP contribution is 2.45. The van der Waals surface area contributed by atoms with Crippen molar-refractivity contribution in [1.82, 2.24) is 5.16 Å². The van der Waals surface area contributed by atoms with Crippen LogP contribution in [0.25, 0.3) is 11.1 Å². The Hall–Kier alpha value is -3.06. The van der Waals surface area contributed by atoms with Gasteiger partial charge in [0.15, 0.2) is 11.9 Å². The van der Waals surface area contributed by atoms with Gasteiger partial charge in [-0.05, 0) is 18.1 Å². The second-order valence-electron chi connectivity index (χ2n) is 6.41. The second kappa shape index (κ2) is 7.90. The molecule has 4 rings (SSSR count). The molecule has 0 fully saturated rings. The Balaban J connectivity index is 1.33. The largest absolute Gasteiger partial charge is 0.452 e. The number of ether oxygens (including phenoxy) is 1. The summed E-state index contributed by atoms with van der Waals surface area (Å²) < 4.78 is 10.6. The van der Waals surface area contributed by atoms with E-state index < -0.39 is 6.10 Å². The fourth-order valence-electron chi connectivity index (χ4n) is 3.23. The van der Waals surface area contributed by atoms with E-state index in [2.05, 4.69) is 10.5 Å². The van der Waals surface area contributed by atoms with Crippen molar-refractivity contribution in [2.24, 2.45) is 0 Å². The minimum absolute atomic E-state index is 0.0894. The van der Waals surface area contributed by atoms with Crippen LogP contribution in [0.5, 0.6) is 0 Å². The number of esters is 1. The minimum atomic E-state index is -0.410. The number of nitrogens with zero attached hydrogens (tertiary/aromatic N) is 1. The van der Waals surface area contributed by atoms with Crippen molar-refractivity contribution in [1.29, 1.82) is 0 Å². The molecule has 1 heterocycles.